The number of anilines is 1. The maximum absolute atomic E-state index is 10.7. The van der Waals surface area contributed by atoms with Gasteiger partial charge in [0, 0.05) is 23.8 Å². The number of ether oxygens (including phenoxy) is 1. The summed E-state index contributed by atoms with van der Waals surface area (Å²) in [7, 11) is 3.64. The summed E-state index contributed by atoms with van der Waals surface area (Å²) < 4.78 is 5.26. The zero-order valence-corrected chi connectivity index (χ0v) is 10.7. The SMILES string of the molecule is COc1ccc2c(c1)C(C)(C)C(=CC=O)N2C. The van der Waals surface area contributed by atoms with Gasteiger partial charge >= 0.3 is 0 Å². The Hall–Kier alpha value is -1.77. The Morgan fingerprint density at radius 3 is 2.65 bits per heavy atom. The molecule has 3 heteroatoms. The van der Waals surface area contributed by atoms with E-state index in [4.69, 9.17) is 4.74 Å². The van der Waals surface area contributed by atoms with Crippen LogP contribution >= 0.6 is 0 Å². The van der Waals surface area contributed by atoms with E-state index in [1.165, 1.54) is 5.56 Å². The fraction of sp³-hybridized carbons (Fsp3) is 0.357. The molecule has 0 aromatic heterocycles. The Kier molecular flexibility index (Phi) is 2.69. The first-order valence-corrected chi connectivity index (χ1v) is 5.60. The molecule has 90 valence electrons. The molecule has 0 saturated heterocycles. The van der Waals surface area contributed by atoms with Crippen molar-refractivity contribution < 1.29 is 9.53 Å². The van der Waals surface area contributed by atoms with Gasteiger partial charge in [-0.1, -0.05) is 13.8 Å². The van der Waals surface area contributed by atoms with Crippen LogP contribution < -0.4 is 9.64 Å². The Morgan fingerprint density at radius 2 is 2.06 bits per heavy atom. The van der Waals surface area contributed by atoms with Crippen LogP contribution in [0.1, 0.15) is 19.4 Å². The highest BCUT2D eigenvalue weighted by atomic mass is 16.5. The molecule has 17 heavy (non-hydrogen) atoms. The summed E-state index contributed by atoms with van der Waals surface area (Å²) in [4.78, 5) is 12.8. The molecule has 2 rings (SSSR count). The number of benzene rings is 1. The van der Waals surface area contributed by atoms with Crippen LogP contribution in [0.15, 0.2) is 30.0 Å². The zero-order chi connectivity index (χ0) is 12.6. The molecule has 0 N–H and O–H groups in total. The first-order chi connectivity index (χ1) is 8.02. The number of nitrogens with zero attached hydrogens (tertiary/aromatic N) is 1. The average Bonchev–Trinajstić information content (AvgIpc) is 2.51. The molecule has 0 spiro atoms. The van der Waals surface area contributed by atoms with E-state index in [0.717, 1.165) is 23.4 Å². The summed E-state index contributed by atoms with van der Waals surface area (Å²) in [6, 6.07) is 6.01. The lowest BCUT2D eigenvalue weighted by Crippen LogP contribution is -2.23. The van der Waals surface area contributed by atoms with E-state index < -0.39 is 0 Å². The number of fused-ring (bicyclic) bond motifs is 1. The lowest BCUT2D eigenvalue weighted by Gasteiger charge is -2.23. The fourth-order valence-electron chi connectivity index (χ4n) is 2.51. The van der Waals surface area contributed by atoms with E-state index in [-0.39, 0.29) is 5.41 Å². The van der Waals surface area contributed by atoms with Gasteiger partial charge in [0.2, 0.25) is 0 Å². The van der Waals surface area contributed by atoms with Crippen LogP contribution in [0.3, 0.4) is 0 Å². The van der Waals surface area contributed by atoms with Gasteiger partial charge in [-0.2, -0.15) is 0 Å². The molecule has 0 bridgehead atoms. The van der Waals surface area contributed by atoms with E-state index in [1.54, 1.807) is 13.2 Å². The maximum atomic E-state index is 10.7. The summed E-state index contributed by atoms with van der Waals surface area (Å²) in [5, 5.41) is 0. The Bertz CT molecular complexity index is 489. The molecule has 0 aliphatic carbocycles. The molecular weight excluding hydrogens is 214 g/mol. The highest BCUT2D eigenvalue weighted by Crippen LogP contribution is 2.47. The van der Waals surface area contributed by atoms with Gasteiger partial charge in [-0.05, 0) is 29.8 Å². The third-order valence-electron chi connectivity index (χ3n) is 3.47. The molecule has 1 aromatic carbocycles. The third-order valence-corrected chi connectivity index (χ3v) is 3.47. The molecule has 1 heterocycles. The van der Waals surface area contributed by atoms with Crippen molar-refractivity contribution in [3.63, 3.8) is 0 Å². The Morgan fingerprint density at radius 1 is 1.35 bits per heavy atom. The van der Waals surface area contributed by atoms with Gasteiger partial charge in [0.15, 0.2) is 0 Å². The summed E-state index contributed by atoms with van der Waals surface area (Å²) in [6.45, 7) is 4.23. The highest BCUT2D eigenvalue weighted by molar-refractivity contribution is 5.77. The quantitative estimate of drug-likeness (QED) is 0.578. The monoisotopic (exact) mass is 231 g/mol. The minimum atomic E-state index is -0.167. The molecule has 1 aromatic rings. The predicted octanol–water partition coefficient (Wildman–Crippen LogP) is 2.51. The summed E-state index contributed by atoms with van der Waals surface area (Å²) in [5.41, 5.74) is 3.16. The van der Waals surface area contributed by atoms with Crippen molar-refractivity contribution in [2.75, 3.05) is 19.1 Å². The van der Waals surface area contributed by atoms with Crippen molar-refractivity contribution in [1.29, 1.82) is 0 Å². The number of rotatable bonds is 2. The fourth-order valence-corrected chi connectivity index (χ4v) is 2.51. The number of aldehydes is 1. The largest absolute Gasteiger partial charge is 0.497 e. The summed E-state index contributed by atoms with van der Waals surface area (Å²) >= 11 is 0. The lowest BCUT2D eigenvalue weighted by atomic mass is 9.84. The second-order valence-electron chi connectivity index (χ2n) is 4.76. The molecule has 3 nitrogen and oxygen atoms in total. The highest BCUT2D eigenvalue weighted by Gasteiger charge is 2.38. The third kappa shape index (κ3) is 1.62. The number of hydrogen-bond acceptors (Lipinski definition) is 3. The van der Waals surface area contributed by atoms with E-state index in [1.807, 2.05) is 25.2 Å². The number of likely N-dealkylation sites (N-methyl/N-ethyl adjacent to an activating group) is 1. The smallest absolute Gasteiger partial charge is 0.144 e. The van der Waals surface area contributed by atoms with Crippen LogP contribution in [0.25, 0.3) is 0 Å². The van der Waals surface area contributed by atoms with Gasteiger partial charge in [-0.3, -0.25) is 4.79 Å². The summed E-state index contributed by atoms with van der Waals surface area (Å²) in [6.07, 6.45) is 2.48. The van der Waals surface area contributed by atoms with Crippen molar-refractivity contribution in [2.45, 2.75) is 19.3 Å². The van der Waals surface area contributed by atoms with Crippen LogP contribution in [0, 0.1) is 0 Å². The van der Waals surface area contributed by atoms with Gasteiger partial charge in [0.1, 0.15) is 12.0 Å². The second kappa shape index (κ2) is 3.91. The summed E-state index contributed by atoms with van der Waals surface area (Å²) in [5.74, 6) is 0.845. The van der Waals surface area contributed by atoms with Crippen molar-refractivity contribution in [3.8, 4) is 5.75 Å². The van der Waals surface area contributed by atoms with E-state index in [0.29, 0.717) is 0 Å². The maximum Gasteiger partial charge on any atom is 0.144 e. The number of carbonyl (C=O) groups is 1. The molecule has 0 radical (unpaired) electrons. The Labute approximate surface area is 102 Å². The van der Waals surface area contributed by atoms with Gasteiger partial charge < -0.3 is 9.64 Å². The predicted molar refractivity (Wildman–Crippen MR) is 68.6 cm³/mol. The molecular formula is C14H17NO2. The minimum Gasteiger partial charge on any atom is -0.497 e. The minimum absolute atomic E-state index is 0.167. The van der Waals surface area contributed by atoms with Crippen LogP contribution in [0.2, 0.25) is 0 Å². The van der Waals surface area contributed by atoms with E-state index >= 15 is 0 Å². The van der Waals surface area contributed by atoms with Crippen molar-refractivity contribution >= 4 is 12.0 Å². The molecule has 0 saturated carbocycles. The number of hydrogen-bond donors (Lipinski definition) is 0. The van der Waals surface area contributed by atoms with Gasteiger partial charge in [0.25, 0.3) is 0 Å². The molecule has 1 aliphatic heterocycles. The van der Waals surface area contributed by atoms with Crippen molar-refractivity contribution in [3.05, 3.63) is 35.5 Å². The topological polar surface area (TPSA) is 29.5 Å². The van der Waals surface area contributed by atoms with E-state index in [2.05, 4.69) is 18.7 Å². The molecule has 1 aliphatic rings. The first kappa shape index (κ1) is 11.7. The van der Waals surface area contributed by atoms with Crippen LogP contribution in [-0.2, 0) is 10.2 Å². The van der Waals surface area contributed by atoms with Gasteiger partial charge in [-0.25, -0.2) is 0 Å². The second-order valence-corrected chi connectivity index (χ2v) is 4.76. The van der Waals surface area contributed by atoms with Crippen molar-refractivity contribution in [2.24, 2.45) is 0 Å². The molecule has 0 amide bonds. The standard InChI is InChI=1S/C14H17NO2/c1-14(2)11-9-10(17-4)5-6-12(11)15(3)13(14)7-8-16/h5-9H,1-4H3. The zero-order valence-electron chi connectivity index (χ0n) is 10.7. The van der Waals surface area contributed by atoms with Crippen LogP contribution in [-0.4, -0.2) is 20.4 Å². The average molecular weight is 231 g/mol. The van der Waals surface area contributed by atoms with Crippen LogP contribution in [0.5, 0.6) is 5.75 Å². The number of carbonyl (C=O) groups excluding carboxylic acids is 1. The normalized spacial score (nSPS) is 19.3. The number of allylic oxidation sites excluding steroid dienone is 2. The van der Waals surface area contributed by atoms with Gasteiger partial charge in [0.05, 0.1) is 7.11 Å². The molecule has 0 fully saturated rings. The van der Waals surface area contributed by atoms with Gasteiger partial charge in [-0.15, -0.1) is 0 Å². The molecule has 0 atom stereocenters. The lowest BCUT2D eigenvalue weighted by molar-refractivity contribution is -0.104. The van der Waals surface area contributed by atoms with E-state index in [9.17, 15) is 4.79 Å². The molecule has 0 unspecified atom stereocenters. The van der Waals surface area contributed by atoms with Crippen molar-refractivity contribution in [1.82, 2.24) is 0 Å². The number of methoxy groups -OCH3 is 1. The van der Waals surface area contributed by atoms with Crippen LogP contribution in [0.4, 0.5) is 5.69 Å². The first-order valence-electron chi connectivity index (χ1n) is 5.60. The Balaban J connectivity index is 2.62.